The van der Waals surface area contributed by atoms with Gasteiger partial charge in [0.1, 0.15) is 6.42 Å². The van der Waals surface area contributed by atoms with Crippen molar-refractivity contribution in [3.63, 3.8) is 0 Å². The summed E-state index contributed by atoms with van der Waals surface area (Å²) < 4.78 is 0. The molecule has 1 aromatic carbocycles. The molecular weight excluding hydrogens is 244 g/mol. The van der Waals surface area contributed by atoms with Crippen LogP contribution in [0.15, 0.2) is 18.2 Å². The fourth-order valence-electron chi connectivity index (χ4n) is 2.04. The van der Waals surface area contributed by atoms with Crippen LogP contribution in [0.5, 0.6) is 0 Å². The minimum Gasteiger partial charge on any atom is -0.388 e. The second kappa shape index (κ2) is 5.40. The van der Waals surface area contributed by atoms with Crippen molar-refractivity contribution in [2.75, 3.05) is 10.6 Å². The van der Waals surface area contributed by atoms with Crippen LogP contribution in [-0.4, -0.2) is 16.9 Å². The summed E-state index contributed by atoms with van der Waals surface area (Å²) in [5.41, 5.74) is 1.84. The van der Waals surface area contributed by atoms with E-state index in [9.17, 15) is 14.7 Å². The maximum Gasteiger partial charge on any atom is 0.233 e. The molecule has 0 radical (unpaired) electrons. The first-order valence-electron chi connectivity index (χ1n) is 6.43. The highest BCUT2D eigenvalue weighted by Crippen LogP contribution is 2.31. The van der Waals surface area contributed by atoms with Crippen molar-refractivity contribution in [3.05, 3.63) is 23.8 Å². The zero-order chi connectivity index (χ0) is 14.0. The van der Waals surface area contributed by atoms with E-state index < -0.39 is 6.10 Å². The van der Waals surface area contributed by atoms with Gasteiger partial charge >= 0.3 is 0 Å². The molecule has 0 saturated carbocycles. The lowest BCUT2D eigenvalue weighted by atomic mass is 9.95. The molecule has 0 aromatic heterocycles. The molecule has 19 heavy (non-hydrogen) atoms. The summed E-state index contributed by atoms with van der Waals surface area (Å²) in [6, 6.07) is 5.20. The summed E-state index contributed by atoms with van der Waals surface area (Å²) in [5.74, 6) is -0.535. The molecule has 1 aromatic rings. The van der Waals surface area contributed by atoms with Gasteiger partial charge in [0.25, 0.3) is 0 Å². The molecule has 0 fully saturated rings. The highest BCUT2D eigenvalue weighted by molar-refractivity contribution is 6.13. The summed E-state index contributed by atoms with van der Waals surface area (Å²) in [6.07, 6.45) is 0.102. The molecule has 3 N–H and O–H groups in total. The number of nitrogens with one attached hydrogen (secondary N) is 2. The third-order valence-corrected chi connectivity index (χ3v) is 3.44. The van der Waals surface area contributed by atoms with E-state index in [0.29, 0.717) is 11.4 Å². The smallest absolute Gasteiger partial charge is 0.233 e. The summed E-state index contributed by atoms with van der Waals surface area (Å²) in [5, 5.41) is 15.5. The van der Waals surface area contributed by atoms with Gasteiger partial charge in [-0.25, -0.2) is 0 Å². The van der Waals surface area contributed by atoms with Crippen LogP contribution in [0.25, 0.3) is 0 Å². The van der Waals surface area contributed by atoms with Crippen LogP contribution in [0.2, 0.25) is 0 Å². The molecule has 1 aliphatic heterocycles. The number of amides is 2. The molecular formula is C14H18N2O3. The van der Waals surface area contributed by atoms with Gasteiger partial charge in [-0.05, 0) is 23.6 Å². The van der Waals surface area contributed by atoms with E-state index in [2.05, 4.69) is 10.6 Å². The standard InChI is InChI=1S/C14H18N2O3/c1-3-8(2)14(19)9-4-5-10-11(6-9)16-13(18)7-12(17)15-10/h4-6,8,14,19H,3,7H2,1-2H3,(H,15,17)(H,16,18). The fourth-order valence-corrected chi connectivity index (χ4v) is 2.04. The Morgan fingerprint density at radius 3 is 2.47 bits per heavy atom. The lowest BCUT2D eigenvalue weighted by Crippen LogP contribution is -2.16. The molecule has 0 saturated heterocycles. The maximum absolute atomic E-state index is 11.5. The van der Waals surface area contributed by atoms with E-state index in [1.54, 1.807) is 18.2 Å². The van der Waals surface area contributed by atoms with Crippen LogP contribution in [0.1, 0.15) is 38.4 Å². The van der Waals surface area contributed by atoms with E-state index in [4.69, 9.17) is 0 Å². The van der Waals surface area contributed by atoms with Crippen LogP contribution in [-0.2, 0) is 9.59 Å². The van der Waals surface area contributed by atoms with Crippen molar-refractivity contribution < 1.29 is 14.7 Å². The van der Waals surface area contributed by atoms with Crippen molar-refractivity contribution in [3.8, 4) is 0 Å². The van der Waals surface area contributed by atoms with E-state index in [-0.39, 0.29) is 24.2 Å². The van der Waals surface area contributed by atoms with E-state index in [1.807, 2.05) is 13.8 Å². The number of fused-ring (bicyclic) bond motifs is 1. The predicted octanol–water partition coefficient (Wildman–Crippen LogP) is 2.05. The van der Waals surface area contributed by atoms with Crippen molar-refractivity contribution in [1.82, 2.24) is 0 Å². The molecule has 0 bridgehead atoms. The average Bonchev–Trinajstić information content (AvgIpc) is 2.52. The van der Waals surface area contributed by atoms with Gasteiger partial charge in [-0.1, -0.05) is 26.3 Å². The Morgan fingerprint density at radius 1 is 1.21 bits per heavy atom. The Kier molecular flexibility index (Phi) is 3.85. The monoisotopic (exact) mass is 262 g/mol. The number of hydrogen-bond acceptors (Lipinski definition) is 3. The molecule has 2 unspecified atom stereocenters. The second-order valence-electron chi connectivity index (χ2n) is 4.91. The number of anilines is 2. The van der Waals surface area contributed by atoms with Crippen LogP contribution in [0.3, 0.4) is 0 Å². The van der Waals surface area contributed by atoms with Gasteiger partial charge in [0.2, 0.25) is 11.8 Å². The van der Waals surface area contributed by atoms with Gasteiger partial charge in [-0.2, -0.15) is 0 Å². The molecule has 0 aliphatic carbocycles. The lowest BCUT2D eigenvalue weighted by Gasteiger charge is -2.19. The van der Waals surface area contributed by atoms with Crippen LogP contribution < -0.4 is 10.6 Å². The normalized spacial score (nSPS) is 17.8. The minimum atomic E-state index is -0.578. The molecule has 1 aliphatic rings. The average molecular weight is 262 g/mol. The van der Waals surface area contributed by atoms with Crippen molar-refractivity contribution >= 4 is 23.2 Å². The number of carbonyl (C=O) groups is 2. The Morgan fingerprint density at radius 2 is 1.84 bits per heavy atom. The zero-order valence-electron chi connectivity index (χ0n) is 11.1. The van der Waals surface area contributed by atoms with Crippen LogP contribution in [0.4, 0.5) is 11.4 Å². The largest absolute Gasteiger partial charge is 0.388 e. The summed E-state index contributed by atoms with van der Waals surface area (Å²) in [6.45, 7) is 3.98. The lowest BCUT2D eigenvalue weighted by molar-refractivity contribution is -0.123. The van der Waals surface area contributed by atoms with E-state index in [1.165, 1.54) is 0 Å². The number of aliphatic hydroxyl groups excluding tert-OH is 1. The molecule has 102 valence electrons. The molecule has 1 heterocycles. The van der Waals surface area contributed by atoms with E-state index >= 15 is 0 Å². The minimum absolute atomic E-state index is 0.133. The first-order chi connectivity index (χ1) is 9.01. The van der Waals surface area contributed by atoms with Gasteiger partial charge in [0.05, 0.1) is 17.5 Å². The summed E-state index contributed by atoms with van der Waals surface area (Å²) >= 11 is 0. The number of carbonyl (C=O) groups excluding carboxylic acids is 2. The van der Waals surface area contributed by atoms with Gasteiger partial charge in [0, 0.05) is 0 Å². The molecule has 2 amide bonds. The third-order valence-electron chi connectivity index (χ3n) is 3.44. The fraction of sp³-hybridized carbons (Fsp3) is 0.429. The highest BCUT2D eigenvalue weighted by Gasteiger charge is 2.21. The zero-order valence-corrected chi connectivity index (χ0v) is 11.1. The first kappa shape index (κ1) is 13.5. The van der Waals surface area contributed by atoms with Crippen molar-refractivity contribution in [1.29, 1.82) is 0 Å². The van der Waals surface area contributed by atoms with Crippen molar-refractivity contribution in [2.45, 2.75) is 32.8 Å². The Bertz CT molecular complexity index is 513. The predicted molar refractivity (Wildman–Crippen MR) is 72.7 cm³/mol. The van der Waals surface area contributed by atoms with Crippen LogP contribution >= 0.6 is 0 Å². The van der Waals surface area contributed by atoms with Gasteiger partial charge < -0.3 is 15.7 Å². The molecule has 2 atom stereocenters. The van der Waals surface area contributed by atoms with Crippen LogP contribution in [0, 0.1) is 5.92 Å². The second-order valence-corrected chi connectivity index (χ2v) is 4.91. The number of hydrogen-bond donors (Lipinski definition) is 3. The molecule has 5 nitrogen and oxygen atoms in total. The Hall–Kier alpha value is -1.88. The van der Waals surface area contributed by atoms with Gasteiger partial charge in [-0.15, -0.1) is 0 Å². The van der Waals surface area contributed by atoms with Crippen molar-refractivity contribution in [2.24, 2.45) is 5.92 Å². The van der Waals surface area contributed by atoms with E-state index in [0.717, 1.165) is 12.0 Å². The quantitative estimate of drug-likeness (QED) is 0.729. The van der Waals surface area contributed by atoms with Gasteiger partial charge in [-0.3, -0.25) is 9.59 Å². The molecule has 0 spiro atoms. The summed E-state index contributed by atoms with van der Waals surface area (Å²) in [7, 11) is 0. The Labute approximate surface area is 112 Å². The topological polar surface area (TPSA) is 78.4 Å². The molecule has 5 heteroatoms. The summed E-state index contributed by atoms with van der Waals surface area (Å²) in [4.78, 5) is 22.9. The first-order valence-corrected chi connectivity index (χ1v) is 6.43. The molecule has 2 rings (SSSR count). The Balaban J connectivity index is 2.33. The highest BCUT2D eigenvalue weighted by atomic mass is 16.3. The number of rotatable bonds is 3. The SMILES string of the molecule is CCC(C)C(O)c1ccc2c(c1)NC(=O)CC(=O)N2. The maximum atomic E-state index is 11.5. The number of aliphatic hydroxyl groups is 1. The van der Waals surface area contributed by atoms with Gasteiger partial charge in [0.15, 0.2) is 0 Å². The number of benzene rings is 1. The third kappa shape index (κ3) is 2.93.